The van der Waals surface area contributed by atoms with E-state index < -0.39 is 0 Å². The number of likely N-dealkylation sites (tertiary alicyclic amines) is 1. The molecule has 100 valence electrons. The molecule has 0 aliphatic carbocycles. The van der Waals surface area contributed by atoms with Gasteiger partial charge in [-0.25, -0.2) is 4.39 Å². The first-order chi connectivity index (χ1) is 8.60. The molecular formula is C14H20ClFN2. The Labute approximate surface area is 113 Å². The first kappa shape index (κ1) is 13.8. The molecule has 0 aromatic heterocycles. The Morgan fingerprint density at radius 1 is 1.50 bits per heavy atom. The summed E-state index contributed by atoms with van der Waals surface area (Å²) < 4.78 is 13.0. The van der Waals surface area contributed by atoms with Crippen molar-refractivity contribution < 1.29 is 4.39 Å². The summed E-state index contributed by atoms with van der Waals surface area (Å²) in [7, 11) is 0. The lowest BCUT2D eigenvalue weighted by Gasteiger charge is -2.36. The van der Waals surface area contributed by atoms with Crippen molar-refractivity contribution in [3.8, 4) is 0 Å². The van der Waals surface area contributed by atoms with Crippen LogP contribution in [0.5, 0.6) is 0 Å². The predicted molar refractivity (Wildman–Crippen MR) is 73.0 cm³/mol. The van der Waals surface area contributed by atoms with Gasteiger partial charge in [-0.15, -0.1) is 0 Å². The molecule has 0 amide bonds. The Kier molecular flexibility index (Phi) is 4.60. The van der Waals surface area contributed by atoms with E-state index in [1.54, 1.807) is 6.07 Å². The fourth-order valence-electron chi connectivity index (χ4n) is 2.57. The Morgan fingerprint density at radius 3 is 2.94 bits per heavy atom. The standard InChI is InChI=1S/C14H20ClFN2/c1-10-4-5-18(9-12(10)7-17)8-11-2-3-13(16)6-14(11)15/h2-3,6,10,12H,4-5,7-9,17H2,1H3. The molecule has 0 saturated carbocycles. The highest BCUT2D eigenvalue weighted by atomic mass is 35.5. The Bertz CT molecular complexity index is 411. The van der Waals surface area contributed by atoms with Crippen molar-refractivity contribution >= 4 is 11.6 Å². The normalized spacial score (nSPS) is 25.3. The molecular weight excluding hydrogens is 251 g/mol. The molecule has 4 heteroatoms. The van der Waals surface area contributed by atoms with E-state index in [0.29, 0.717) is 16.9 Å². The fraction of sp³-hybridized carbons (Fsp3) is 0.571. The van der Waals surface area contributed by atoms with Gasteiger partial charge < -0.3 is 5.73 Å². The van der Waals surface area contributed by atoms with Gasteiger partial charge in [-0.3, -0.25) is 4.90 Å². The maximum absolute atomic E-state index is 13.0. The second kappa shape index (κ2) is 6.00. The SMILES string of the molecule is CC1CCN(Cc2ccc(F)cc2Cl)CC1CN. The molecule has 18 heavy (non-hydrogen) atoms. The van der Waals surface area contributed by atoms with Crippen molar-refractivity contribution in [1.82, 2.24) is 4.90 Å². The summed E-state index contributed by atoms with van der Waals surface area (Å²) in [4.78, 5) is 2.36. The first-order valence-electron chi connectivity index (χ1n) is 6.46. The summed E-state index contributed by atoms with van der Waals surface area (Å²) in [6.45, 7) is 5.84. The largest absolute Gasteiger partial charge is 0.330 e. The minimum atomic E-state index is -0.282. The lowest BCUT2D eigenvalue weighted by molar-refractivity contribution is 0.126. The highest BCUT2D eigenvalue weighted by Gasteiger charge is 2.25. The molecule has 1 saturated heterocycles. The number of halogens is 2. The van der Waals surface area contributed by atoms with Gasteiger partial charge in [0.2, 0.25) is 0 Å². The van der Waals surface area contributed by atoms with Gasteiger partial charge in [0, 0.05) is 18.1 Å². The summed E-state index contributed by atoms with van der Waals surface area (Å²) in [5, 5.41) is 0.512. The van der Waals surface area contributed by atoms with E-state index in [9.17, 15) is 4.39 Å². The molecule has 2 rings (SSSR count). The quantitative estimate of drug-likeness (QED) is 0.915. The monoisotopic (exact) mass is 270 g/mol. The third kappa shape index (κ3) is 3.22. The summed E-state index contributed by atoms with van der Waals surface area (Å²) >= 11 is 6.06. The zero-order valence-electron chi connectivity index (χ0n) is 10.7. The molecule has 0 spiro atoms. The van der Waals surface area contributed by atoms with Gasteiger partial charge in [0.25, 0.3) is 0 Å². The van der Waals surface area contributed by atoms with E-state index in [-0.39, 0.29) is 5.82 Å². The number of hydrogen-bond acceptors (Lipinski definition) is 2. The van der Waals surface area contributed by atoms with Gasteiger partial charge in [-0.05, 0) is 49.0 Å². The van der Waals surface area contributed by atoms with E-state index in [0.717, 1.165) is 31.7 Å². The van der Waals surface area contributed by atoms with Crippen LogP contribution in [0.3, 0.4) is 0 Å². The minimum absolute atomic E-state index is 0.282. The van der Waals surface area contributed by atoms with Crippen LogP contribution < -0.4 is 5.73 Å². The van der Waals surface area contributed by atoms with Gasteiger partial charge in [0.05, 0.1) is 0 Å². The van der Waals surface area contributed by atoms with E-state index in [2.05, 4.69) is 11.8 Å². The highest BCUT2D eigenvalue weighted by molar-refractivity contribution is 6.31. The molecule has 2 N–H and O–H groups in total. The molecule has 0 radical (unpaired) electrons. The van der Waals surface area contributed by atoms with E-state index in [1.807, 2.05) is 0 Å². The molecule has 1 fully saturated rings. The molecule has 1 aliphatic rings. The van der Waals surface area contributed by atoms with Crippen molar-refractivity contribution in [3.05, 3.63) is 34.6 Å². The second-order valence-electron chi connectivity index (χ2n) is 5.23. The summed E-state index contributed by atoms with van der Waals surface area (Å²) in [6.07, 6.45) is 1.17. The average molecular weight is 271 g/mol. The van der Waals surface area contributed by atoms with E-state index in [1.165, 1.54) is 18.6 Å². The van der Waals surface area contributed by atoms with Crippen LogP contribution in [0.1, 0.15) is 18.9 Å². The van der Waals surface area contributed by atoms with Crippen LogP contribution in [0.4, 0.5) is 4.39 Å². The van der Waals surface area contributed by atoms with Crippen LogP contribution in [0.15, 0.2) is 18.2 Å². The van der Waals surface area contributed by atoms with Crippen molar-refractivity contribution in [2.45, 2.75) is 19.9 Å². The topological polar surface area (TPSA) is 29.3 Å². The van der Waals surface area contributed by atoms with E-state index >= 15 is 0 Å². The minimum Gasteiger partial charge on any atom is -0.330 e. The smallest absolute Gasteiger partial charge is 0.124 e. The van der Waals surface area contributed by atoms with Crippen molar-refractivity contribution in [2.24, 2.45) is 17.6 Å². The van der Waals surface area contributed by atoms with Gasteiger partial charge >= 0.3 is 0 Å². The first-order valence-corrected chi connectivity index (χ1v) is 6.84. The third-order valence-electron chi connectivity index (χ3n) is 3.91. The molecule has 2 nitrogen and oxygen atoms in total. The van der Waals surface area contributed by atoms with Gasteiger partial charge in [-0.1, -0.05) is 24.6 Å². The number of rotatable bonds is 3. The van der Waals surface area contributed by atoms with Crippen molar-refractivity contribution in [2.75, 3.05) is 19.6 Å². The predicted octanol–water partition coefficient (Wildman–Crippen LogP) is 2.90. The molecule has 0 bridgehead atoms. The van der Waals surface area contributed by atoms with Gasteiger partial charge in [0.1, 0.15) is 5.82 Å². The molecule has 1 aliphatic heterocycles. The zero-order valence-corrected chi connectivity index (χ0v) is 11.5. The summed E-state index contributed by atoms with van der Waals surface area (Å²) in [6, 6.07) is 4.62. The number of hydrogen-bond donors (Lipinski definition) is 1. The maximum Gasteiger partial charge on any atom is 0.124 e. The molecule has 2 unspecified atom stereocenters. The Morgan fingerprint density at radius 2 is 2.28 bits per heavy atom. The van der Waals surface area contributed by atoms with Crippen LogP contribution in [0.2, 0.25) is 5.02 Å². The summed E-state index contributed by atoms with van der Waals surface area (Å²) in [5.41, 5.74) is 6.79. The Balaban J connectivity index is 2.01. The second-order valence-corrected chi connectivity index (χ2v) is 5.64. The zero-order chi connectivity index (χ0) is 13.1. The van der Waals surface area contributed by atoms with Crippen LogP contribution in [-0.4, -0.2) is 24.5 Å². The number of nitrogens with zero attached hydrogens (tertiary/aromatic N) is 1. The van der Waals surface area contributed by atoms with Gasteiger partial charge in [-0.2, -0.15) is 0 Å². The number of piperidine rings is 1. The van der Waals surface area contributed by atoms with Crippen molar-refractivity contribution in [3.63, 3.8) is 0 Å². The van der Waals surface area contributed by atoms with Crippen LogP contribution in [0.25, 0.3) is 0 Å². The molecule has 1 heterocycles. The lowest BCUT2D eigenvalue weighted by atomic mass is 9.87. The van der Waals surface area contributed by atoms with Crippen molar-refractivity contribution in [1.29, 1.82) is 0 Å². The third-order valence-corrected chi connectivity index (χ3v) is 4.26. The molecule has 2 atom stereocenters. The average Bonchev–Trinajstić information content (AvgIpc) is 2.35. The Hall–Kier alpha value is -0.640. The number of nitrogens with two attached hydrogens (primary N) is 1. The molecule has 1 aromatic carbocycles. The van der Waals surface area contributed by atoms with Crippen LogP contribution in [0, 0.1) is 17.7 Å². The fourth-order valence-corrected chi connectivity index (χ4v) is 2.79. The molecule has 1 aromatic rings. The number of benzene rings is 1. The van der Waals surface area contributed by atoms with Crippen LogP contribution >= 0.6 is 11.6 Å². The van der Waals surface area contributed by atoms with Gasteiger partial charge in [0.15, 0.2) is 0 Å². The summed E-state index contributed by atoms with van der Waals surface area (Å²) in [5.74, 6) is 0.962. The van der Waals surface area contributed by atoms with Crippen LogP contribution in [-0.2, 0) is 6.54 Å². The highest BCUT2D eigenvalue weighted by Crippen LogP contribution is 2.25. The van der Waals surface area contributed by atoms with E-state index in [4.69, 9.17) is 17.3 Å². The lowest BCUT2D eigenvalue weighted by Crippen LogP contribution is -2.42. The maximum atomic E-state index is 13.0.